The van der Waals surface area contributed by atoms with E-state index < -0.39 is 0 Å². The van der Waals surface area contributed by atoms with Crippen molar-refractivity contribution in [2.45, 2.75) is 19.0 Å². The lowest BCUT2D eigenvalue weighted by Gasteiger charge is -2.40. The van der Waals surface area contributed by atoms with E-state index in [1.54, 1.807) is 13.4 Å². The van der Waals surface area contributed by atoms with Crippen LogP contribution in [0.2, 0.25) is 0 Å². The molecular formula is C25H32N6O. The Morgan fingerprint density at radius 3 is 2.09 bits per heavy atom. The molecule has 32 heavy (non-hydrogen) atoms. The van der Waals surface area contributed by atoms with Crippen LogP contribution in [-0.4, -0.2) is 60.8 Å². The lowest BCUT2D eigenvalue weighted by molar-refractivity contribution is 0.190. The highest BCUT2D eigenvalue weighted by Crippen LogP contribution is 2.32. The van der Waals surface area contributed by atoms with Crippen LogP contribution in [0.25, 0.3) is 0 Å². The van der Waals surface area contributed by atoms with Gasteiger partial charge in [-0.05, 0) is 18.1 Å². The standard InChI is InChI=1S/C25H32N6O/c1-19(17-32-2)29-24-22(26)25(28-18-27-24)31-15-13-30(14-16-31)23(20-9-5-3-6-10-20)21-11-7-4-8-12-21/h3-12,18-19,23H,13-17,26H2,1-2H3,(H,27,28,29). The third-order valence-electron chi connectivity index (χ3n) is 5.87. The fourth-order valence-electron chi connectivity index (χ4n) is 4.36. The molecule has 1 aliphatic rings. The van der Waals surface area contributed by atoms with E-state index in [0.29, 0.717) is 18.1 Å². The second-order valence-electron chi connectivity index (χ2n) is 8.21. The fraction of sp³-hybridized carbons (Fsp3) is 0.360. The first kappa shape index (κ1) is 22.0. The van der Waals surface area contributed by atoms with Crippen molar-refractivity contribution in [1.29, 1.82) is 0 Å². The minimum absolute atomic E-state index is 0.111. The predicted molar refractivity (Wildman–Crippen MR) is 130 cm³/mol. The average molecular weight is 433 g/mol. The van der Waals surface area contributed by atoms with Gasteiger partial charge in [-0.1, -0.05) is 60.7 Å². The van der Waals surface area contributed by atoms with Gasteiger partial charge in [0.1, 0.15) is 12.0 Å². The van der Waals surface area contributed by atoms with Crippen LogP contribution in [0.3, 0.4) is 0 Å². The van der Waals surface area contributed by atoms with E-state index in [1.807, 2.05) is 6.92 Å². The average Bonchev–Trinajstić information content (AvgIpc) is 2.83. The smallest absolute Gasteiger partial charge is 0.157 e. The minimum atomic E-state index is 0.111. The van der Waals surface area contributed by atoms with Gasteiger partial charge in [0.15, 0.2) is 11.6 Å². The fourth-order valence-corrected chi connectivity index (χ4v) is 4.36. The van der Waals surface area contributed by atoms with Crippen LogP contribution in [0.5, 0.6) is 0 Å². The van der Waals surface area contributed by atoms with E-state index in [4.69, 9.17) is 10.5 Å². The molecule has 1 aliphatic heterocycles. The van der Waals surface area contributed by atoms with Crippen molar-refractivity contribution in [3.05, 3.63) is 78.1 Å². The molecule has 2 aromatic carbocycles. The molecule has 1 fully saturated rings. The van der Waals surface area contributed by atoms with Crippen LogP contribution in [0.4, 0.5) is 17.3 Å². The Morgan fingerprint density at radius 2 is 1.53 bits per heavy atom. The van der Waals surface area contributed by atoms with Crippen LogP contribution < -0.4 is 16.0 Å². The zero-order valence-electron chi connectivity index (χ0n) is 18.8. The maximum absolute atomic E-state index is 6.45. The SMILES string of the molecule is COCC(C)Nc1ncnc(N2CCN(C(c3ccccc3)c3ccccc3)CC2)c1N. The zero-order valence-corrected chi connectivity index (χ0v) is 18.8. The molecule has 3 aromatic rings. The van der Waals surface area contributed by atoms with Gasteiger partial charge in [0.25, 0.3) is 0 Å². The molecule has 0 spiro atoms. The van der Waals surface area contributed by atoms with Crippen LogP contribution in [0.1, 0.15) is 24.1 Å². The van der Waals surface area contributed by atoms with E-state index in [9.17, 15) is 0 Å². The second-order valence-corrected chi connectivity index (χ2v) is 8.21. The van der Waals surface area contributed by atoms with Gasteiger partial charge in [0.05, 0.1) is 12.6 Å². The van der Waals surface area contributed by atoms with Crippen LogP contribution in [-0.2, 0) is 4.74 Å². The van der Waals surface area contributed by atoms with E-state index in [1.165, 1.54) is 11.1 Å². The summed E-state index contributed by atoms with van der Waals surface area (Å²) in [4.78, 5) is 13.6. The van der Waals surface area contributed by atoms with Gasteiger partial charge in [-0.2, -0.15) is 0 Å². The lowest BCUT2D eigenvalue weighted by Crippen LogP contribution is -2.48. The van der Waals surface area contributed by atoms with Crippen molar-refractivity contribution in [2.24, 2.45) is 0 Å². The predicted octanol–water partition coefficient (Wildman–Crippen LogP) is 3.42. The summed E-state index contributed by atoms with van der Waals surface area (Å²) in [6.45, 7) is 6.16. The van der Waals surface area contributed by atoms with Crippen molar-refractivity contribution < 1.29 is 4.74 Å². The Labute approximate surface area is 190 Å². The molecule has 7 nitrogen and oxygen atoms in total. The highest BCUT2D eigenvalue weighted by Gasteiger charge is 2.28. The van der Waals surface area contributed by atoms with Crippen molar-refractivity contribution in [2.75, 3.05) is 55.8 Å². The number of nitrogens with two attached hydrogens (primary N) is 1. The van der Waals surface area contributed by atoms with Crippen molar-refractivity contribution in [3.63, 3.8) is 0 Å². The number of nitrogen functional groups attached to an aromatic ring is 1. The Bertz CT molecular complexity index is 937. The molecule has 0 saturated carbocycles. The molecule has 4 rings (SSSR count). The van der Waals surface area contributed by atoms with Crippen LogP contribution >= 0.6 is 0 Å². The van der Waals surface area contributed by atoms with Crippen molar-refractivity contribution in [3.8, 4) is 0 Å². The van der Waals surface area contributed by atoms with E-state index >= 15 is 0 Å². The van der Waals surface area contributed by atoms with Gasteiger partial charge in [-0.3, -0.25) is 4.90 Å². The van der Waals surface area contributed by atoms with Gasteiger partial charge in [-0.15, -0.1) is 0 Å². The number of hydrogen-bond donors (Lipinski definition) is 2. The number of ether oxygens (including phenoxy) is 1. The Kier molecular flexibility index (Phi) is 7.19. The largest absolute Gasteiger partial charge is 0.393 e. The first-order valence-electron chi connectivity index (χ1n) is 11.1. The molecule has 168 valence electrons. The summed E-state index contributed by atoms with van der Waals surface area (Å²) in [5.41, 5.74) is 9.67. The third-order valence-corrected chi connectivity index (χ3v) is 5.87. The Morgan fingerprint density at radius 1 is 0.938 bits per heavy atom. The molecule has 3 N–H and O–H groups in total. The lowest BCUT2D eigenvalue weighted by atomic mass is 9.96. The molecule has 1 unspecified atom stereocenters. The minimum Gasteiger partial charge on any atom is -0.393 e. The Balaban J connectivity index is 1.50. The maximum Gasteiger partial charge on any atom is 0.157 e. The molecule has 1 saturated heterocycles. The number of anilines is 3. The quantitative estimate of drug-likeness (QED) is 0.565. The monoisotopic (exact) mass is 432 g/mol. The van der Waals surface area contributed by atoms with Crippen molar-refractivity contribution in [1.82, 2.24) is 14.9 Å². The van der Waals surface area contributed by atoms with Crippen LogP contribution in [0, 0.1) is 0 Å². The molecule has 2 heterocycles. The van der Waals surface area contributed by atoms with Gasteiger partial charge >= 0.3 is 0 Å². The molecule has 0 bridgehead atoms. The van der Waals surface area contributed by atoms with Gasteiger partial charge in [-0.25, -0.2) is 9.97 Å². The molecule has 1 atom stereocenters. The molecule has 0 radical (unpaired) electrons. The Hall–Kier alpha value is -3.16. The summed E-state index contributed by atoms with van der Waals surface area (Å²) in [5, 5.41) is 3.32. The number of piperazine rings is 1. The highest BCUT2D eigenvalue weighted by molar-refractivity contribution is 5.75. The maximum atomic E-state index is 6.45. The number of hydrogen-bond acceptors (Lipinski definition) is 7. The number of nitrogens with one attached hydrogen (secondary N) is 1. The van der Waals surface area contributed by atoms with Gasteiger partial charge in [0.2, 0.25) is 0 Å². The first-order chi connectivity index (χ1) is 15.7. The summed E-state index contributed by atoms with van der Waals surface area (Å²) in [6, 6.07) is 21.8. The van der Waals surface area contributed by atoms with Crippen molar-refractivity contribution >= 4 is 17.3 Å². The topological polar surface area (TPSA) is 79.5 Å². The summed E-state index contributed by atoms with van der Waals surface area (Å²) in [5.74, 6) is 1.45. The van der Waals surface area contributed by atoms with E-state index in [-0.39, 0.29) is 12.1 Å². The molecular weight excluding hydrogens is 400 g/mol. The highest BCUT2D eigenvalue weighted by atomic mass is 16.5. The zero-order chi connectivity index (χ0) is 22.3. The molecule has 0 aliphatic carbocycles. The summed E-state index contributed by atoms with van der Waals surface area (Å²) in [7, 11) is 1.69. The van der Waals surface area contributed by atoms with Gasteiger partial charge < -0.3 is 20.7 Å². The van der Waals surface area contributed by atoms with E-state index in [0.717, 1.165) is 32.0 Å². The summed E-state index contributed by atoms with van der Waals surface area (Å²) >= 11 is 0. The first-order valence-corrected chi connectivity index (χ1v) is 11.1. The van der Waals surface area contributed by atoms with Crippen LogP contribution in [0.15, 0.2) is 67.0 Å². The second kappa shape index (κ2) is 10.4. The summed E-state index contributed by atoms with van der Waals surface area (Å²) in [6.07, 6.45) is 1.58. The van der Waals surface area contributed by atoms with E-state index in [2.05, 4.69) is 85.7 Å². The number of benzene rings is 2. The molecule has 7 heteroatoms. The number of nitrogens with zero attached hydrogens (tertiary/aromatic N) is 4. The number of methoxy groups -OCH3 is 1. The van der Waals surface area contributed by atoms with Gasteiger partial charge in [0, 0.05) is 39.3 Å². The molecule has 1 aromatic heterocycles. The number of aromatic nitrogens is 2. The third kappa shape index (κ3) is 5.00. The number of rotatable bonds is 8. The summed E-state index contributed by atoms with van der Waals surface area (Å²) < 4.78 is 5.21. The molecule has 0 amide bonds. The normalized spacial score (nSPS) is 15.7.